The second-order valence-corrected chi connectivity index (χ2v) is 5.77. The Labute approximate surface area is 112 Å². The van der Waals surface area contributed by atoms with Crippen molar-refractivity contribution >= 4 is 0 Å². The predicted octanol–water partition coefficient (Wildman–Crippen LogP) is 1.01. The maximum atomic E-state index is 5.89. The molecule has 2 atom stereocenters. The van der Waals surface area contributed by atoms with Gasteiger partial charge in [0.1, 0.15) is 0 Å². The van der Waals surface area contributed by atoms with Gasteiger partial charge in [0.15, 0.2) is 0 Å². The minimum Gasteiger partial charge on any atom is -0.374 e. The lowest BCUT2D eigenvalue weighted by atomic mass is 10.1. The molecule has 1 saturated heterocycles. The van der Waals surface area contributed by atoms with Gasteiger partial charge < -0.3 is 15.4 Å². The number of likely N-dealkylation sites (N-methyl/N-ethyl adjacent to an activating group) is 1. The highest BCUT2D eigenvalue weighted by atomic mass is 16.5. The first-order chi connectivity index (χ1) is 8.56. The van der Waals surface area contributed by atoms with E-state index in [-0.39, 0.29) is 0 Å². The highest BCUT2D eigenvalue weighted by Crippen LogP contribution is 2.11. The van der Waals surface area contributed by atoms with Crippen molar-refractivity contribution in [1.82, 2.24) is 9.80 Å². The van der Waals surface area contributed by atoms with Crippen molar-refractivity contribution in [3.05, 3.63) is 0 Å². The monoisotopic (exact) mass is 257 g/mol. The first-order valence-electron chi connectivity index (χ1n) is 7.34. The van der Waals surface area contributed by atoms with E-state index in [0.717, 1.165) is 45.9 Å². The SMILES string of the molecule is CCN(CC(C)CN)CC1CN(C(C)C)CCO1. The highest BCUT2D eigenvalue weighted by Gasteiger charge is 2.24. The third-order valence-electron chi connectivity index (χ3n) is 3.78. The Bertz CT molecular complexity index is 223. The predicted molar refractivity (Wildman–Crippen MR) is 76.8 cm³/mol. The standard InChI is InChI=1S/C14H31N3O/c1-5-16(9-13(4)8-15)10-14-11-17(12(2)3)6-7-18-14/h12-14H,5-11,15H2,1-4H3. The molecule has 1 aliphatic heterocycles. The lowest BCUT2D eigenvalue weighted by Crippen LogP contribution is -2.50. The van der Waals surface area contributed by atoms with Crippen molar-refractivity contribution in [2.45, 2.75) is 39.8 Å². The molecule has 0 aromatic rings. The summed E-state index contributed by atoms with van der Waals surface area (Å²) in [5, 5.41) is 0. The zero-order chi connectivity index (χ0) is 13.5. The molecule has 18 heavy (non-hydrogen) atoms. The molecule has 4 heteroatoms. The van der Waals surface area contributed by atoms with Crippen LogP contribution < -0.4 is 5.73 Å². The molecule has 0 bridgehead atoms. The van der Waals surface area contributed by atoms with Crippen LogP contribution >= 0.6 is 0 Å². The van der Waals surface area contributed by atoms with Gasteiger partial charge in [-0.25, -0.2) is 0 Å². The fourth-order valence-corrected chi connectivity index (χ4v) is 2.46. The van der Waals surface area contributed by atoms with Gasteiger partial charge in [0.05, 0.1) is 12.7 Å². The van der Waals surface area contributed by atoms with E-state index in [4.69, 9.17) is 10.5 Å². The molecule has 1 rings (SSSR count). The Morgan fingerprint density at radius 2 is 2.11 bits per heavy atom. The van der Waals surface area contributed by atoms with E-state index in [1.165, 1.54) is 0 Å². The second-order valence-electron chi connectivity index (χ2n) is 5.77. The van der Waals surface area contributed by atoms with Crippen molar-refractivity contribution in [3.63, 3.8) is 0 Å². The largest absolute Gasteiger partial charge is 0.374 e. The lowest BCUT2D eigenvalue weighted by molar-refractivity contribution is -0.0526. The molecule has 1 fully saturated rings. The number of hydrogen-bond donors (Lipinski definition) is 1. The molecule has 0 saturated carbocycles. The number of rotatable bonds is 7. The zero-order valence-electron chi connectivity index (χ0n) is 12.6. The highest BCUT2D eigenvalue weighted by molar-refractivity contribution is 4.77. The van der Waals surface area contributed by atoms with E-state index in [1.54, 1.807) is 0 Å². The molecule has 2 unspecified atom stereocenters. The summed E-state index contributed by atoms with van der Waals surface area (Å²) in [7, 11) is 0. The molecule has 2 N–H and O–H groups in total. The first-order valence-corrected chi connectivity index (χ1v) is 7.34. The van der Waals surface area contributed by atoms with Gasteiger partial charge in [-0.2, -0.15) is 0 Å². The Hall–Kier alpha value is -0.160. The Balaban J connectivity index is 2.39. The molecule has 1 aliphatic rings. The van der Waals surface area contributed by atoms with Crippen molar-refractivity contribution in [1.29, 1.82) is 0 Å². The molecule has 0 amide bonds. The smallest absolute Gasteiger partial charge is 0.0829 e. The topological polar surface area (TPSA) is 41.7 Å². The molecule has 108 valence electrons. The van der Waals surface area contributed by atoms with E-state index in [9.17, 15) is 0 Å². The fourth-order valence-electron chi connectivity index (χ4n) is 2.46. The summed E-state index contributed by atoms with van der Waals surface area (Å²) in [6.45, 7) is 15.9. The summed E-state index contributed by atoms with van der Waals surface area (Å²) in [5.74, 6) is 0.565. The molecular formula is C14H31N3O. The molecule has 0 spiro atoms. The average Bonchev–Trinajstić information content (AvgIpc) is 2.38. The minimum atomic E-state index is 0.353. The number of hydrogen-bond acceptors (Lipinski definition) is 4. The second kappa shape index (κ2) is 8.10. The average molecular weight is 257 g/mol. The van der Waals surface area contributed by atoms with Crippen LogP contribution in [0.25, 0.3) is 0 Å². The fraction of sp³-hybridized carbons (Fsp3) is 1.00. The van der Waals surface area contributed by atoms with E-state index in [2.05, 4.69) is 37.5 Å². The summed E-state index contributed by atoms with van der Waals surface area (Å²) in [6.07, 6.45) is 0.353. The van der Waals surface area contributed by atoms with Crippen LogP contribution in [0.4, 0.5) is 0 Å². The van der Waals surface area contributed by atoms with E-state index in [1.807, 2.05) is 0 Å². The van der Waals surface area contributed by atoms with Crippen LogP contribution in [0.5, 0.6) is 0 Å². The Morgan fingerprint density at radius 3 is 2.67 bits per heavy atom. The Morgan fingerprint density at radius 1 is 1.39 bits per heavy atom. The number of nitrogens with zero attached hydrogens (tertiary/aromatic N) is 2. The van der Waals surface area contributed by atoms with Crippen LogP contribution in [-0.2, 0) is 4.74 Å². The maximum Gasteiger partial charge on any atom is 0.0829 e. The zero-order valence-corrected chi connectivity index (χ0v) is 12.6. The van der Waals surface area contributed by atoms with E-state index < -0.39 is 0 Å². The van der Waals surface area contributed by atoms with E-state index in [0.29, 0.717) is 18.1 Å². The molecule has 0 aliphatic carbocycles. The van der Waals surface area contributed by atoms with Gasteiger partial charge in [-0.3, -0.25) is 4.90 Å². The molecule has 0 aromatic carbocycles. The van der Waals surface area contributed by atoms with Crippen molar-refractivity contribution < 1.29 is 4.74 Å². The Kier molecular flexibility index (Phi) is 7.15. The summed E-state index contributed by atoms with van der Waals surface area (Å²) in [5.41, 5.74) is 5.70. The molecule has 0 radical (unpaired) electrons. The third kappa shape index (κ3) is 5.22. The van der Waals surface area contributed by atoms with Gasteiger partial charge in [-0.1, -0.05) is 13.8 Å². The summed E-state index contributed by atoms with van der Waals surface area (Å²) < 4.78 is 5.89. The van der Waals surface area contributed by atoms with Gasteiger partial charge in [0, 0.05) is 32.2 Å². The quantitative estimate of drug-likeness (QED) is 0.739. The van der Waals surface area contributed by atoms with Gasteiger partial charge >= 0.3 is 0 Å². The van der Waals surface area contributed by atoms with Crippen molar-refractivity contribution in [3.8, 4) is 0 Å². The van der Waals surface area contributed by atoms with Crippen molar-refractivity contribution in [2.24, 2.45) is 11.7 Å². The van der Waals surface area contributed by atoms with Gasteiger partial charge in [-0.05, 0) is 32.9 Å². The van der Waals surface area contributed by atoms with Crippen molar-refractivity contribution in [2.75, 3.05) is 45.9 Å². The molecule has 1 heterocycles. The van der Waals surface area contributed by atoms with Crippen LogP contribution in [0.3, 0.4) is 0 Å². The van der Waals surface area contributed by atoms with Gasteiger partial charge in [0.25, 0.3) is 0 Å². The molecule has 4 nitrogen and oxygen atoms in total. The van der Waals surface area contributed by atoms with Gasteiger partial charge in [0.2, 0.25) is 0 Å². The van der Waals surface area contributed by atoms with Crippen LogP contribution in [0.2, 0.25) is 0 Å². The lowest BCUT2D eigenvalue weighted by Gasteiger charge is -2.38. The van der Waals surface area contributed by atoms with Crippen LogP contribution in [0, 0.1) is 5.92 Å². The summed E-state index contributed by atoms with van der Waals surface area (Å²) >= 11 is 0. The van der Waals surface area contributed by atoms with Crippen LogP contribution in [0.1, 0.15) is 27.7 Å². The third-order valence-corrected chi connectivity index (χ3v) is 3.78. The van der Waals surface area contributed by atoms with Crippen LogP contribution in [0.15, 0.2) is 0 Å². The van der Waals surface area contributed by atoms with Gasteiger partial charge in [-0.15, -0.1) is 0 Å². The normalized spacial score (nSPS) is 23.8. The van der Waals surface area contributed by atoms with E-state index >= 15 is 0 Å². The summed E-state index contributed by atoms with van der Waals surface area (Å²) in [4.78, 5) is 4.97. The minimum absolute atomic E-state index is 0.353. The molecular weight excluding hydrogens is 226 g/mol. The number of morpholine rings is 1. The number of ether oxygens (including phenoxy) is 1. The molecule has 0 aromatic heterocycles. The van der Waals surface area contributed by atoms with Crippen LogP contribution in [-0.4, -0.2) is 67.8 Å². The summed E-state index contributed by atoms with van der Waals surface area (Å²) in [6, 6.07) is 0.620. The maximum absolute atomic E-state index is 5.89. The number of nitrogens with two attached hydrogens (primary N) is 1. The first kappa shape index (κ1) is 15.9.